The maximum Gasteiger partial charge on any atom is 0.256 e. The Labute approximate surface area is 190 Å². The zero-order valence-corrected chi connectivity index (χ0v) is 18.4. The summed E-state index contributed by atoms with van der Waals surface area (Å²) in [5, 5.41) is 3.97. The maximum absolute atomic E-state index is 13.2. The highest BCUT2D eigenvalue weighted by Crippen LogP contribution is 2.33. The number of nitrogens with one attached hydrogen (secondary N) is 1. The molecular weight excluding hydrogens is 445 g/mol. The van der Waals surface area contributed by atoms with Crippen molar-refractivity contribution in [1.82, 2.24) is 4.90 Å². The number of nitrogens with zero attached hydrogens (tertiary/aromatic N) is 2. The van der Waals surface area contributed by atoms with Gasteiger partial charge in [0.2, 0.25) is 5.91 Å². The molecule has 30 heavy (non-hydrogen) atoms. The second-order valence-electron chi connectivity index (χ2n) is 6.49. The van der Waals surface area contributed by atoms with Crippen LogP contribution >= 0.6 is 35.4 Å². The largest absolute Gasteiger partial charge is 0.495 e. The van der Waals surface area contributed by atoms with Crippen LogP contribution in [0.1, 0.15) is 6.42 Å². The van der Waals surface area contributed by atoms with E-state index in [1.165, 1.54) is 12.0 Å². The van der Waals surface area contributed by atoms with Gasteiger partial charge in [0.05, 0.1) is 24.2 Å². The fourth-order valence-electron chi connectivity index (χ4n) is 3.13. The predicted octanol–water partition coefficient (Wildman–Crippen LogP) is 4.52. The van der Waals surface area contributed by atoms with Crippen molar-refractivity contribution in [3.8, 4) is 5.75 Å². The van der Waals surface area contributed by atoms with Gasteiger partial charge < -0.3 is 15.0 Å². The highest BCUT2D eigenvalue weighted by Gasteiger charge is 2.43. The number of carbonyl (C=O) groups is 2. The number of thiocarbonyl (C=S) groups is 1. The van der Waals surface area contributed by atoms with Crippen LogP contribution in [0.15, 0.2) is 55.1 Å². The van der Waals surface area contributed by atoms with Gasteiger partial charge in [-0.2, -0.15) is 0 Å². The van der Waals surface area contributed by atoms with Gasteiger partial charge in [0.15, 0.2) is 5.11 Å². The summed E-state index contributed by atoms with van der Waals surface area (Å²) in [6, 6.07) is 10.9. The SMILES string of the molecule is C=CCN1C(=S)N(c2ccc(OC)c(Cl)c2)C(=O)C1CC(=O)Nc1ccc(Cl)cc1. The molecule has 156 valence electrons. The lowest BCUT2D eigenvalue weighted by Crippen LogP contribution is -2.37. The van der Waals surface area contributed by atoms with Gasteiger partial charge >= 0.3 is 0 Å². The Hall–Kier alpha value is -2.61. The third-order valence-electron chi connectivity index (χ3n) is 4.54. The van der Waals surface area contributed by atoms with E-state index in [0.29, 0.717) is 33.7 Å². The fraction of sp³-hybridized carbons (Fsp3) is 0.190. The number of ether oxygens (including phenoxy) is 1. The number of hydrogen-bond acceptors (Lipinski definition) is 4. The van der Waals surface area contributed by atoms with Crippen LogP contribution in [0.25, 0.3) is 0 Å². The molecule has 0 spiro atoms. The molecule has 2 amide bonds. The first-order valence-corrected chi connectivity index (χ1v) is 10.2. The van der Waals surface area contributed by atoms with E-state index in [-0.39, 0.29) is 23.3 Å². The minimum absolute atomic E-state index is 0.0736. The number of halogens is 2. The van der Waals surface area contributed by atoms with Crippen LogP contribution in [-0.4, -0.2) is 41.5 Å². The van der Waals surface area contributed by atoms with Crippen molar-refractivity contribution in [2.75, 3.05) is 23.9 Å². The predicted molar refractivity (Wildman–Crippen MR) is 123 cm³/mol. The number of carbonyl (C=O) groups excluding carboxylic acids is 2. The summed E-state index contributed by atoms with van der Waals surface area (Å²) in [5.41, 5.74) is 1.09. The van der Waals surface area contributed by atoms with Crippen molar-refractivity contribution in [3.63, 3.8) is 0 Å². The van der Waals surface area contributed by atoms with Crippen molar-refractivity contribution in [2.45, 2.75) is 12.5 Å². The second kappa shape index (κ2) is 9.47. The minimum Gasteiger partial charge on any atom is -0.495 e. The Balaban J connectivity index is 1.82. The van der Waals surface area contributed by atoms with Crippen LogP contribution in [0.4, 0.5) is 11.4 Å². The molecule has 1 heterocycles. The molecule has 2 aromatic rings. The van der Waals surface area contributed by atoms with Gasteiger partial charge in [0.1, 0.15) is 11.8 Å². The minimum atomic E-state index is -0.760. The standard InChI is InChI=1S/C21H19Cl2N3O3S/c1-3-10-25-17(12-19(27)24-14-6-4-13(22)5-7-14)20(28)26(21(25)30)15-8-9-18(29-2)16(23)11-15/h3-9,11,17H,1,10,12H2,2H3,(H,24,27). The molecular formula is C21H19Cl2N3O3S. The first-order valence-electron chi connectivity index (χ1n) is 9.00. The highest BCUT2D eigenvalue weighted by atomic mass is 35.5. The number of amides is 2. The summed E-state index contributed by atoms with van der Waals surface area (Å²) in [4.78, 5) is 28.8. The smallest absolute Gasteiger partial charge is 0.256 e. The van der Waals surface area contributed by atoms with Crippen molar-refractivity contribution in [3.05, 3.63) is 65.2 Å². The van der Waals surface area contributed by atoms with E-state index in [9.17, 15) is 9.59 Å². The average Bonchev–Trinajstić information content (AvgIpc) is 2.94. The number of anilines is 2. The van der Waals surface area contributed by atoms with Gasteiger partial charge in [0, 0.05) is 17.3 Å². The molecule has 2 aromatic carbocycles. The molecule has 6 nitrogen and oxygen atoms in total. The molecule has 1 unspecified atom stereocenters. The molecule has 1 aliphatic heterocycles. The lowest BCUT2D eigenvalue weighted by atomic mass is 10.1. The number of benzene rings is 2. The summed E-state index contributed by atoms with van der Waals surface area (Å²) in [5.74, 6) is -0.142. The van der Waals surface area contributed by atoms with E-state index < -0.39 is 6.04 Å². The summed E-state index contributed by atoms with van der Waals surface area (Å²) < 4.78 is 5.16. The normalized spacial score (nSPS) is 16.0. The molecule has 1 aliphatic rings. The Morgan fingerprint density at radius 1 is 1.27 bits per heavy atom. The van der Waals surface area contributed by atoms with Crippen molar-refractivity contribution in [2.24, 2.45) is 0 Å². The second-order valence-corrected chi connectivity index (χ2v) is 7.70. The van der Waals surface area contributed by atoms with Gasteiger partial charge in [-0.25, -0.2) is 0 Å². The van der Waals surface area contributed by atoms with Gasteiger partial charge in [-0.1, -0.05) is 29.3 Å². The summed E-state index contributed by atoms with van der Waals surface area (Å²) in [6.45, 7) is 4.05. The summed E-state index contributed by atoms with van der Waals surface area (Å²) >= 11 is 17.6. The van der Waals surface area contributed by atoms with Gasteiger partial charge in [-0.15, -0.1) is 6.58 Å². The molecule has 1 N–H and O–H groups in total. The molecule has 9 heteroatoms. The molecule has 3 rings (SSSR count). The van der Waals surface area contributed by atoms with Crippen LogP contribution in [0.3, 0.4) is 0 Å². The number of hydrogen-bond donors (Lipinski definition) is 1. The summed E-state index contributed by atoms with van der Waals surface area (Å²) in [7, 11) is 1.51. The fourth-order valence-corrected chi connectivity index (χ4v) is 3.91. The quantitative estimate of drug-likeness (QED) is 0.483. The number of rotatable bonds is 7. The number of methoxy groups -OCH3 is 1. The van der Waals surface area contributed by atoms with E-state index in [1.54, 1.807) is 53.4 Å². The molecule has 0 aromatic heterocycles. The maximum atomic E-state index is 13.2. The van der Waals surface area contributed by atoms with Gasteiger partial charge in [-0.05, 0) is 54.7 Å². The van der Waals surface area contributed by atoms with E-state index in [0.717, 1.165) is 0 Å². The van der Waals surface area contributed by atoms with Crippen LogP contribution < -0.4 is 15.0 Å². The monoisotopic (exact) mass is 463 g/mol. The molecule has 1 fully saturated rings. The molecule has 1 saturated heterocycles. The Morgan fingerprint density at radius 3 is 2.57 bits per heavy atom. The van der Waals surface area contributed by atoms with Crippen LogP contribution in [0, 0.1) is 0 Å². The molecule has 0 bridgehead atoms. The zero-order valence-electron chi connectivity index (χ0n) is 16.1. The Morgan fingerprint density at radius 2 is 1.97 bits per heavy atom. The van der Waals surface area contributed by atoms with Crippen LogP contribution in [0.5, 0.6) is 5.75 Å². The van der Waals surface area contributed by atoms with E-state index >= 15 is 0 Å². The Bertz CT molecular complexity index is 997. The van der Waals surface area contributed by atoms with Gasteiger partial charge in [0.25, 0.3) is 5.91 Å². The topological polar surface area (TPSA) is 61.9 Å². The zero-order chi connectivity index (χ0) is 21.8. The van der Waals surface area contributed by atoms with Crippen molar-refractivity contribution in [1.29, 1.82) is 0 Å². The van der Waals surface area contributed by atoms with Crippen LogP contribution in [0.2, 0.25) is 10.0 Å². The lowest BCUT2D eigenvalue weighted by molar-refractivity contribution is -0.124. The average molecular weight is 464 g/mol. The molecule has 0 saturated carbocycles. The first kappa shape index (κ1) is 22.1. The molecule has 1 atom stereocenters. The highest BCUT2D eigenvalue weighted by molar-refractivity contribution is 7.80. The van der Waals surface area contributed by atoms with Crippen LogP contribution in [-0.2, 0) is 9.59 Å². The van der Waals surface area contributed by atoms with E-state index in [4.69, 9.17) is 40.2 Å². The summed E-state index contributed by atoms with van der Waals surface area (Å²) in [6.07, 6.45) is 1.56. The molecule has 0 radical (unpaired) electrons. The first-order chi connectivity index (χ1) is 14.3. The third-order valence-corrected chi connectivity index (χ3v) is 5.51. The van der Waals surface area contributed by atoms with E-state index in [1.807, 2.05) is 0 Å². The van der Waals surface area contributed by atoms with Crippen molar-refractivity contribution < 1.29 is 14.3 Å². The van der Waals surface area contributed by atoms with E-state index in [2.05, 4.69) is 11.9 Å². The molecule has 0 aliphatic carbocycles. The lowest BCUT2D eigenvalue weighted by Gasteiger charge is -2.22. The Kier molecular flexibility index (Phi) is 6.97. The van der Waals surface area contributed by atoms with Gasteiger partial charge in [-0.3, -0.25) is 14.5 Å². The third kappa shape index (κ3) is 4.59. The van der Waals surface area contributed by atoms with Crippen molar-refractivity contribution >= 4 is 63.7 Å².